The van der Waals surface area contributed by atoms with E-state index in [1.807, 2.05) is 0 Å². The molecule has 0 saturated heterocycles. The third-order valence-electron chi connectivity index (χ3n) is 13.6. The van der Waals surface area contributed by atoms with E-state index < -0.39 is 6.10 Å². The molecule has 0 heterocycles. The van der Waals surface area contributed by atoms with Crippen LogP contribution in [0.2, 0.25) is 0 Å². The molecule has 0 saturated carbocycles. The Morgan fingerprint density at radius 3 is 0.812 bits per heavy atom. The molecule has 0 fully saturated rings. The molecular weight excluding hydrogens is 853 g/mol. The Kier molecular flexibility index (Phi) is 56.2. The van der Waals surface area contributed by atoms with E-state index in [-0.39, 0.29) is 31.1 Å². The summed E-state index contributed by atoms with van der Waals surface area (Å²) in [5, 5.41) is 0. The molecule has 0 N–H and O–H groups in total. The van der Waals surface area contributed by atoms with E-state index in [9.17, 15) is 14.4 Å². The first-order chi connectivity index (χ1) is 34.0. The van der Waals surface area contributed by atoms with Gasteiger partial charge >= 0.3 is 17.9 Å². The Balaban J connectivity index is 3.88. The second-order valence-corrected chi connectivity index (χ2v) is 20.6. The van der Waals surface area contributed by atoms with Gasteiger partial charge in [0.25, 0.3) is 0 Å². The van der Waals surface area contributed by atoms with E-state index in [0.29, 0.717) is 19.3 Å². The minimum atomic E-state index is -0.763. The highest BCUT2D eigenvalue weighted by Gasteiger charge is 2.19. The maximum absolute atomic E-state index is 12.7. The number of carbonyl (C=O) groups excluding carboxylic acids is 3. The van der Waals surface area contributed by atoms with Crippen LogP contribution < -0.4 is 0 Å². The SMILES string of the molecule is CCCCCCC/C=C\C/C=C\C/C=C\CCCCCCCCCCCCCCCCCCCCC(=O)OCC(COC(=O)CCCCCCC)OC(=O)CCCCCCCCCCCCCCC. The number of ether oxygens (including phenoxy) is 3. The molecule has 0 aliphatic heterocycles. The van der Waals surface area contributed by atoms with Crippen molar-refractivity contribution in [3.8, 4) is 0 Å². The summed E-state index contributed by atoms with van der Waals surface area (Å²) in [5.41, 5.74) is 0. The molecule has 0 rings (SSSR count). The molecule has 0 aliphatic carbocycles. The Morgan fingerprint density at radius 2 is 0.522 bits per heavy atom. The van der Waals surface area contributed by atoms with E-state index in [0.717, 1.165) is 77.0 Å². The van der Waals surface area contributed by atoms with Crippen LogP contribution in [0.1, 0.15) is 329 Å². The van der Waals surface area contributed by atoms with Crippen LogP contribution in [0.25, 0.3) is 0 Å². The van der Waals surface area contributed by atoms with Crippen molar-refractivity contribution in [2.75, 3.05) is 13.2 Å². The second kappa shape index (κ2) is 58.2. The van der Waals surface area contributed by atoms with Gasteiger partial charge in [-0.25, -0.2) is 0 Å². The molecule has 0 spiro atoms. The minimum Gasteiger partial charge on any atom is -0.462 e. The fourth-order valence-electron chi connectivity index (χ4n) is 9.04. The van der Waals surface area contributed by atoms with Crippen molar-refractivity contribution >= 4 is 17.9 Å². The van der Waals surface area contributed by atoms with Crippen LogP contribution in [-0.2, 0) is 28.6 Å². The predicted octanol–water partition coefficient (Wildman–Crippen LogP) is 20.4. The highest BCUT2D eigenvalue weighted by molar-refractivity contribution is 5.71. The molecule has 1 unspecified atom stereocenters. The number of rotatable bonds is 56. The smallest absolute Gasteiger partial charge is 0.306 e. The van der Waals surface area contributed by atoms with Crippen LogP contribution in [0.5, 0.6) is 0 Å². The first kappa shape index (κ1) is 66.6. The van der Waals surface area contributed by atoms with Gasteiger partial charge in [-0.15, -0.1) is 0 Å². The lowest BCUT2D eigenvalue weighted by molar-refractivity contribution is -0.167. The Labute approximate surface area is 429 Å². The van der Waals surface area contributed by atoms with Crippen LogP contribution in [0.15, 0.2) is 36.5 Å². The number of allylic oxidation sites excluding steroid dienone is 6. The van der Waals surface area contributed by atoms with Gasteiger partial charge in [-0.2, -0.15) is 0 Å². The maximum atomic E-state index is 12.7. The highest BCUT2D eigenvalue weighted by atomic mass is 16.6. The average Bonchev–Trinajstić information content (AvgIpc) is 3.35. The topological polar surface area (TPSA) is 78.9 Å². The molecule has 0 aromatic carbocycles. The Morgan fingerprint density at radius 1 is 0.290 bits per heavy atom. The molecule has 0 amide bonds. The molecule has 404 valence electrons. The van der Waals surface area contributed by atoms with Gasteiger partial charge in [-0.1, -0.05) is 288 Å². The van der Waals surface area contributed by atoms with Gasteiger partial charge in [0.15, 0.2) is 6.10 Å². The van der Waals surface area contributed by atoms with Gasteiger partial charge in [-0.3, -0.25) is 14.4 Å². The van der Waals surface area contributed by atoms with Gasteiger partial charge in [0.05, 0.1) is 0 Å². The zero-order valence-corrected chi connectivity index (χ0v) is 46.3. The van der Waals surface area contributed by atoms with Gasteiger partial charge in [0.2, 0.25) is 0 Å². The van der Waals surface area contributed by atoms with E-state index >= 15 is 0 Å². The summed E-state index contributed by atoms with van der Waals surface area (Å²) in [5.74, 6) is -0.864. The largest absolute Gasteiger partial charge is 0.462 e. The van der Waals surface area contributed by atoms with E-state index in [1.165, 1.54) is 212 Å². The summed E-state index contributed by atoms with van der Waals surface area (Å²) >= 11 is 0. The van der Waals surface area contributed by atoms with E-state index in [4.69, 9.17) is 14.2 Å². The van der Waals surface area contributed by atoms with Crippen LogP contribution >= 0.6 is 0 Å². The lowest BCUT2D eigenvalue weighted by Gasteiger charge is -2.18. The molecule has 0 aromatic rings. The van der Waals surface area contributed by atoms with Gasteiger partial charge in [0, 0.05) is 19.3 Å². The van der Waals surface area contributed by atoms with Gasteiger partial charge in [-0.05, 0) is 57.8 Å². The second-order valence-electron chi connectivity index (χ2n) is 20.6. The quantitative estimate of drug-likeness (QED) is 0.0261. The maximum Gasteiger partial charge on any atom is 0.306 e. The fraction of sp³-hybridized carbons (Fsp3) is 0.857. The minimum absolute atomic E-state index is 0.0670. The monoisotopic (exact) mass is 969 g/mol. The lowest BCUT2D eigenvalue weighted by Crippen LogP contribution is -2.30. The van der Waals surface area contributed by atoms with Crippen molar-refractivity contribution < 1.29 is 28.6 Å². The fourth-order valence-corrected chi connectivity index (χ4v) is 9.04. The number of esters is 3. The molecule has 0 bridgehead atoms. The van der Waals surface area contributed by atoms with Gasteiger partial charge < -0.3 is 14.2 Å². The number of carbonyl (C=O) groups is 3. The third kappa shape index (κ3) is 56.4. The average molecular weight is 970 g/mol. The Hall–Kier alpha value is -2.37. The Bertz CT molecular complexity index is 1160. The van der Waals surface area contributed by atoms with Crippen molar-refractivity contribution in [3.05, 3.63) is 36.5 Å². The number of hydrogen-bond acceptors (Lipinski definition) is 6. The molecule has 0 aliphatic rings. The molecule has 69 heavy (non-hydrogen) atoms. The summed E-state index contributed by atoms with van der Waals surface area (Å²) in [6, 6.07) is 0. The van der Waals surface area contributed by atoms with Crippen molar-refractivity contribution in [2.45, 2.75) is 335 Å². The first-order valence-corrected chi connectivity index (χ1v) is 30.5. The summed E-state index contributed by atoms with van der Waals surface area (Å²) in [6.45, 7) is 6.58. The normalized spacial score (nSPS) is 12.2. The third-order valence-corrected chi connectivity index (χ3v) is 13.6. The molecule has 6 nitrogen and oxygen atoms in total. The number of hydrogen-bond donors (Lipinski definition) is 0. The number of unbranched alkanes of at least 4 members (excludes halogenated alkanes) is 39. The lowest BCUT2D eigenvalue weighted by atomic mass is 10.0. The molecule has 0 radical (unpaired) electrons. The van der Waals surface area contributed by atoms with Crippen LogP contribution in [0, 0.1) is 0 Å². The van der Waals surface area contributed by atoms with Crippen molar-refractivity contribution in [1.82, 2.24) is 0 Å². The van der Waals surface area contributed by atoms with E-state index in [1.54, 1.807) is 0 Å². The van der Waals surface area contributed by atoms with Gasteiger partial charge in [0.1, 0.15) is 13.2 Å². The predicted molar refractivity (Wildman–Crippen MR) is 298 cm³/mol. The van der Waals surface area contributed by atoms with Crippen LogP contribution in [0.3, 0.4) is 0 Å². The summed E-state index contributed by atoms with van der Waals surface area (Å²) in [7, 11) is 0. The molecular formula is C63H116O6. The van der Waals surface area contributed by atoms with Crippen LogP contribution in [-0.4, -0.2) is 37.2 Å². The zero-order chi connectivity index (χ0) is 50.0. The first-order valence-electron chi connectivity index (χ1n) is 30.5. The van der Waals surface area contributed by atoms with Crippen molar-refractivity contribution in [3.63, 3.8) is 0 Å². The summed E-state index contributed by atoms with van der Waals surface area (Å²) in [6.07, 6.45) is 70.7. The molecule has 1 atom stereocenters. The zero-order valence-electron chi connectivity index (χ0n) is 46.3. The van der Waals surface area contributed by atoms with Crippen LogP contribution in [0.4, 0.5) is 0 Å². The summed E-state index contributed by atoms with van der Waals surface area (Å²) < 4.78 is 16.7. The molecule has 0 aromatic heterocycles. The van der Waals surface area contributed by atoms with Crippen molar-refractivity contribution in [1.29, 1.82) is 0 Å². The van der Waals surface area contributed by atoms with E-state index in [2.05, 4.69) is 57.2 Å². The molecule has 6 heteroatoms. The van der Waals surface area contributed by atoms with Crippen molar-refractivity contribution in [2.24, 2.45) is 0 Å². The summed E-state index contributed by atoms with van der Waals surface area (Å²) in [4.78, 5) is 37.7. The highest BCUT2D eigenvalue weighted by Crippen LogP contribution is 2.17. The standard InChI is InChI=1S/C63H116O6/c1-4-7-10-13-15-17-19-21-22-23-24-25-26-27-28-29-30-31-32-33-34-35-36-37-38-39-40-42-43-45-47-50-53-56-62(65)68-59-60(58-67-61(64)55-52-49-12-9-6-3)69-63(66)57-54-51-48-46-44-41-20-18-16-14-11-8-5-2/h19,21,23-24,26-27,60H,4-18,20,22,25,28-59H2,1-3H3/b21-19-,24-23-,27-26-.